The number of carbonyl (C=O) groups excluding carboxylic acids is 1. The molecule has 1 saturated heterocycles. The van der Waals surface area contributed by atoms with Crippen LogP contribution < -0.4 is 5.32 Å². The maximum Gasteiger partial charge on any atom is 0.251 e. The van der Waals surface area contributed by atoms with E-state index in [0.29, 0.717) is 5.56 Å². The highest BCUT2D eigenvalue weighted by molar-refractivity contribution is 6.06. The smallest absolute Gasteiger partial charge is 0.251 e. The number of likely N-dealkylation sites (tertiary alicyclic amines) is 1. The fourth-order valence-electron chi connectivity index (χ4n) is 2.91. The van der Waals surface area contributed by atoms with Gasteiger partial charge in [0.05, 0.1) is 5.52 Å². The van der Waals surface area contributed by atoms with Gasteiger partial charge in [0.15, 0.2) is 0 Å². The lowest BCUT2D eigenvalue weighted by Crippen LogP contribution is -2.28. The summed E-state index contributed by atoms with van der Waals surface area (Å²) < 4.78 is 0. The Bertz CT molecular complexity index is 615. The SMILES string of the molecule is O=C(NCCCN1CCCC1)c1cccc2ncccc12. The highest BCUT2D eigenvalue weighted by Gasteiger charge is 2.12. The van der Waals surface area contributed by atoms with Crippen molar-refractivity contribution in [3.05, 3.63) is 42.1 Å². The van der Waals surface area contributed by atoms with E-state index in [1.54, 1.807) is 6.20 Å². The molecule has 0 bridgehead atoms. The fraction of sp³-hybridized carbons (Fsp3) is 0.412. The summed E-state index contributed by atoms with van der Waals surface area (Å²) in [5.41, 5.74) is 1.57. The van der Waals surface area contributed by atoms with E-state index in [9.17, 15) is 4.79 Å². The molecule has 0 spiro atoms. The third kappa shape index (κ3) is 3.39. The van der Waals surface area contributed by atoms with Gasteiger partial charge in [-0.15, -0.1) is 0 Å². The molecule has 21 heavy (non-hydrogen) atoms. The van der Waals surface area contributed by atoms with E-state index in [0.717, 1.165) is 30.4 Å². The Morgan fingerprint density at radius 2 is 2.05 bits per heavy atom. The molecule has 4 nitrogen and oxygen atoms in total. The molecular formula is C17H21N3O. The van der Waals surface area contributed by atoms with Crippen molar-refractivity contribution in [3.63, 3.8) is 0 Å². The molecule has 0 atom stereocenters. The molecule has 1 N–H and O–H groups in total. The van der Waals surface area contributed by atoms with E-state index in [1.807, 2.05) is 30.3 Å². The van der Waals surface area contributed by atoms with Crippen molar-refractivity contribution in [2.75, 3.05) is 26.2 Å². The summed E-state index contributed by atoms with van der Waals surface area (Å²) in [6, 6.07) is 9.49. The summed E-state index contributed by atoms with van der Waals surface area (Å²) in [5, 5.41) is 3.94. The number of nitrogens with one attached hydrogen (secondary N) is 1. The zero-order chi connectivity index (χ0) is 14.5. The minimum atomic E-state index is -0.00461. The summed E-state index contributed by atoms with van der Waals surface area (Å²) in [7, 11) is 0. The van der Waals surface area contributed by atoms with E-state index < -0.39 is 0 Å². The topological polar surface area (TPSA) is 45.2 Å². The Morgan fingerprint density at radius 3 is 2.90 bits per heavy atom. The summed E-state index contributed by atoms with van der Waals surface area (Å²) in [5.74, 6) is -0.00461. The normalized spacial score (nSPS) is 15.4. The third-order valence-corrected chi connectivity index (χ3v) is 4.03. The number of aromatic nitrogens is 1. The van der Waals surface area contributed by atoms with Gasteiger partial charge in [0.2, 0.25) is 0 Å². The number of benzene rings is 1. The van der Waals surface area contributed by atoms with Gasteiger partial charge in [-0.05, 0) is 57.1 Å². The van der Waals surface area contributed by atoms with Gasteiger partial charge in [-0.25, -0.2) is 0 Å². The first-order valence-corrected chi connectivity index (χ1v) is 7.69. The first kappa shape index (κ1) is 14.0. The Labute approximate surface area is 125 Å². The van der Waals surface area contributed by atoms with Crippen molar-refractivity contribution < 1.29 is 4.79 Å². The molecule has 1 aliphatic rings. The molecule has 2 heterocycles. The van der Waals surface area contributed by atoms with Crippen molar-refractivity contribution in [1.29, 1.82) is 0 Å². The average molecular weight is 283 g/mol. The van der Waals surface area contributed by atoms with Crippen LogP contribution in [-0.4, -0.2) is 42.0 Å². The Kier molecular flexibility index (Phi) is 4.46. The predicted molar refractivity (Wildman–Crippen MR) is 84.4 cm³/mol. The molecule has 0 saturated carbocycles. The number of carbonyl (C=O) groups is 1. The molecule has 3 rings (SSSR count). The summed E-state index contributed by atoms with van der Waals surface area (Å²) >= 11 is 0. The fourth-order valence-corrected chi connectivity index (χ4v) is 2.91. The van der Waals surface area contributed by atoms with Gasteiger partial charge < -0.3 is 10.2 Å². The van der Waals surface area contributed by atoms with Crippen LogP contribution >= 0.6 is 0 Å². The molecule has 110 valence electrons. The first-order chi connectivity index (χ1) is 10.3. The number of hydrogen-bond donors (Lipinski definition) is 1. The number of nitrogens with zero attached hydrogens (tertiary/aromatic N) is 2. The highest BCUT2D eigenvalue weighted by atomic mass is 16.1. The second kappa shape index (κ2) is 6.68. The van der Waals surface area contributed by atoms with Gasteiger partial charge in [-0.3, -0.25) is 9.78 Å². The lowest BCUT2D eigenvalue weighted by molar-refractivity contribution is 0.0953. The third-order valence-electron chi connectivity index (χ3n) is 4.03. The minimum Gasteiger partial charge on any atom is -0.352 e. The van der Waals surface area contributed by atoms with Crippen LogP contribution in [0, 0.1) is 0 Å². The lowest BCUT2D eigenvalue weighted by Gasteiger charge is -2.14. The number of pyridine rings is 1. The molecule has 1 aromatic carbocycles. The Morgan fingerprint density at radius 1 is 1.19 bits per heavy atom. The molecule has 1 aliphatic heterocycles. The molecule has 1 fully saturated rings. The number of fused-ring (bicyclic) bond motifs is 1. The van der Waals surface area contributed by atoms with Crippen molar-refractivity contribution in [3.8, 4) is 0 Å². The molecule has 0 aliphatic carbocycles. The maximum atomic E-state index is 12.3. The van der Waals surface area contributed by atoms with Gasteiger partial charge in [-0.1, -0.05) is 12.1 Å². The van der Waals surface area contributed by atoms with Crippen LogP contribution in [0.15, 0.2) is 36.5 Å². The molecule has 0 unspecified atom stereocenters. The molecule has 1 aromatic heterocycles. The number of hydrogen-bond acceptors (Lipinski definition) is 3. The monoisotopic (exact) mass is 283 g/mol. The second-order valence-corrected chi connectivity index (χ2v) is 5.53. The Balaban J connectivity index is 1.56. The predicted octanol–water partition coefficient (Wildman–Crippen LogP) is 2.45. The van der Waals surface area contributed by atoms with Gasteiger partial charge in [0, 0.05) is 23.7 Å². The summed E-state index contributed by atoms with van der Waals surface area (Å²) in [6.07, 6.45) is 5.39. The van der Waals surface area contributed by atoms with Gasteiger partial charge in [0.1, 0.15) is 0 Å². The van der Waals surface area contributed by atoms with Gasteiger partial charge >= 0.3 is 0 Å². The van der Waals surface area contributed by atoms with Gasteiger partial charge in [-0.2, -0.15) is 0 Å². The highest BCUT2D eigenvalue weighted by Crippen LogP contribution is 2.16. The van der Waals surface area contributed by atoms with Crippen molar-refractivity contribution >= 4 is 16.8 Å². The van der Waals surface area contributed by atoms with E-state index in [4.69, 9.17) is 0 Å². The quantitative estimate of drug-likeness (QED) is 0.857. The van der Waals surface area contributed by atoms with Crippen LogP contribution in [0.4, 0.5) is 0 Å². The molecule has 1 amide bonds. The van der Waals surface area contributed by atoms with Crippen LogP contribution in [0.5, 0.6) is 0 Å². The zero-order valence-electron chi connectivity index (χ0n) is 12.2. The molecule has 2 aromatic rings. The zero-order valence-corrected chi connectivity index (χ0v) is 12.2. The number of amides is 1. The van der Waals surface area contributed by atoms with E-state index >= 15 is 0 Å². The Hall–Kier alpha value is -1.94. The van der Waals surface area contributed by atoms with Crippen molar-refractivity contribution in [2.45, 2.75) is 19.3 Å². The standard InChI is InChI=1S/C17H21N3O/c21-17(19-10-5-13-20-11-1-2-12-20)15-6-3-8-16-14(15)7-4-9-18-16/h3-4,6-9H,1-2,5,10-13H2,(H,19,21). The van der Waals surface area contributed by atoms with E-state index in [2.05, 4.69) is 15.2 Å². The molecule has 4 heteroatoms. The van der Waals surface area contributed by atoms with E-state index in [1.165, 1.54) is 25.9 Å². The average Bonchev–Trinajstić information content (AvgIpc) is 3.04. The van der Waals surface area contributed by atoms with Crippen LogP contribution in [0.2, 0.25) is 0 Å². The molecule has 0 radical (unpaired) electrons. The number of rotatable bonds is 5. The lowest BCUT2D eigenvalue weighted by atomic mass is 10.1. The summed E-state index contributed by atoms with van der Waals surface area (Å²) in [4.78, 5) is 19.1. The van der Waals surface area contributed by atoms with Crippen LogP contribution in [0.1, 0.15) is 29.6 Å². The first-order valence-electron chi connectivity index (χ1n) is 7.69. The maximum absolute atomic E-state index is 12.3. The van der Waals surface area contributed by atoms with Crippen LogP contribution in [-0.2, 0) is 0 Å². The van der Waals surface area contributed by atoms with Crippen molar-refractivity contribution in [2.24, 2.45) is 0 Å². The van der Waals surface area contributed by atoms with E-state index in [-0.39, 0.29) is 5.91 Å². The minimum absolute atomic E-state index is 0.00461. The summed E-state index contributed by atoms with van der Waals surface area (Å²) in [6.45, 7) is 4.23. The van der Waals surface area contributed by atoms with Crippen LogP contribution in [0.25, 0.3) is 10.9 Å². The molecular weight excluding hydrogens is 262 g/mol. The van der Waals surface area contributed by atoms with Gasteiger partial charge in [0.25, 0.3) is 5.91 Å². The largest absolute Gasteiger partial charge is 0.352 e. The van der Waals surface area contributed by atoms with Crippen LogP contribution in [0.3, 0.4) is 0 Å². The van der Waals surface area contributed by atoms with Crippen molar-refractivity contribution in [1.82, 2.24) is 15.2 Å². The second-order valence-electron chi connectivity index (χ2n) is 5.53.